The molecule has 1 amide bonds. The van der Waals surface area contributed by atoms with E-state index < -0.39 is 17.3 Å². The first-order chi connectivity index (χ1) is 12.6. The van der Waals surface area contributed by atoms with Gasteiger partial charge in [0, 0.05) is 5.56 Å². The normalized spacial score (nSPS) is 16.6. The van der Waals surface area contributed by atoms with E-state index in [0.29, 0.717) is 16.8 Å². The fourth-order valence-corrected chi connectivity index (χ4v) is 3.02. The molecular weight excluding hydrogens is 351 g/mol. The van der Waals surface area contributed by atoms with Gasteiger partial charge in [-0.15, -0.1) is 0 Å². The molecule has 27 heavy (non-hydrogen) atoms. The van der Waals surface area contributed by atoms with Crippen molar-refractivity contribution in [1.82, 2.24) is 4.98 Å². The van der Waals surface area contributed by atoms with Gasteiger partial charge in [0.15, 0.2) is 0 Å². The number of aromatic nitrogens is 1. The Labute approximate surface area is 156 Å². The van der Waals surface area contributed by atoms with Crippen LogP contribution in [0.5, 0.6) is 0 Å². The van der Waals surface area contributed by atoms with Gasteiger partial charge >= 0.3 is 6.09 Å². The lowest BCUT2D eigenvalue weighted by Gasteiger charge is -2.29. The highest BCUT2D eigenvalue weighted by Gasteiger charge is 2.48. The van der Waals surface area contributed by atoms with Crippen LogP contribution in [0.25, 0.3) is 11.3 Å². The molecule has 7 heteroatoms. The third-order valence-electron chi connectivity index (χ3n) is 4.80. The maximum absolute atomic E-state index is 13.3. The number of amides is 1. The lowest BCUT2D eigenvalue weighted by Crippen LogP contribution is -2.37. The van der Waals surface area contributed by atoms with E-state index in [1.54, 1.807) is 38.1 Å². The molecule has 4 N–H and O–H groups in total. The Bertz CT molecular complexity index is 844. The summed E-state index contributed by atoms with van der Waals surface area (Å²) >= 11 is 0. The summed E-state index contributed by atoms with van der Waals surface area (Å²) in [5.74, 6) is -0.496. The number of ether oxygens (including phenoxy) is 1. The molecule has 0 saturated heterocycles. The molecule has 1 aliphatic carbocycles. The Morgan fingerprint density at radius 2 is 1.89 bits per heavy atom. The zero-order chi connectivity index (χ0) is 19.8. The van der Waals surface area contributed by atoms with Gasteiger partial charge in [0.05, 0.1) is 17.0 Å². The quantitative estimate of drug-likeness (QED) is 0.721. The van der Waals surface area contributed by atoms with Crippen molar-refractivity contribution >= 4 is 6.09 Å². The van der Waals surface area contributed by atoms with Crippen molar-refractivity contribution < 1.29 is 24.1 Å². The summed E-state index contributed by atoms with van der Waals surface area (Å²) in [6, 6.07) is 9.08. The number of aliphatic hydroxyl groups is 2. The maximum Gasteiger partial charge on any atom is 0.404 e. The van der Waals surface area contributed by atoms with Gasteiger partial charge in [-0.05, 0) is 74.6 Å². The molecule has 1 aromatic carbocycles. The molecule has 2 aromatic rings. The molecule has 0 radical (unpaired) electrons. The van der Waals surface area contributed by atoms with Crippen molar-refractivity contribution in [3.8, 4) is 11.3 Å². The molecule has 1 aliphatic rings. The van der Waals surface area contributed by atoms with Gasteiger partial charge in [-0.2, -0.15) is 0 Å². The topological polar surface area (TPSA) is 106 Å². The van der Waals surface area contributed by atoms with E-state index >= 15 is 0 Å². The molecule has 1 fully saturated rings. The number of halogens is 1. The number of carbonyl (C=O) groups excluding carboxylic acids is 1. The van der Waals surface area contributed by atoms with Gasteiger partial charge in [0.25, 0.3) is 0 Å². The second-order valence-electron chi connectivity index (χ2n) is 7.50. The second kappa shape index (κ2) is 6.90. The number of rotatable bonds is 6. The number of nitrogens with two attached hydrogens (primary N) is 1. The molecule has 1 atom stereocenters. The predicted octanol–water partition coefficient (Wildman–Crippen LogP) is 2.81. The highest BCUT2D eigenvalue weighted by molar-refractivity contribution is 5.64. The van der Waals surface area contributed by atoms with Gasteiger partial charge in [-0.3, -0.25) is 0 Å². The minimum atomic E-state index is -1.51. The van der Waals surface area contributed by atoms with Crippen LogP contribution < -0.4 is 5.73 Å². The molecule has 144 valence electrons. The summed E-state index contributed by atoms with van der Waals surface area (Å²) in [6.07, 6.45) is 0.546. The van der Waals surface area contributed by atoms with E-state index in [1.165, 1.54) is 12.1 Å². The zero-order valence-corrected chi connectivity index (χ0v) is 15.3. The van der Waals surface area contributed by atoms with E-state index in [0.717, 1.165) is 12.8 Å². The monoisotopic (exact) mass is 374 g/mol. The van der Waals surface area contributed by atoms with E-state index in [9.17, 15) is 19.4 Å². The predicted molar refractivity (Wildman–Crippen MR) is 97.0 cm³/mol. The standard InChI is InChI=1S/C20H23FN2O4/c1-19(2,25)14-9-16(12-3-7-15(21)8-4-12)23-17(10-14)20(26,13-5-6-13)11-27-18(22)24/h3-4,7-10,13,25-26H,5-6,11H2,1-2H3,(H2,22,24). The van der Waals surface area contributed by atoms with E-state index in [1.807, 2.05) is 0 Å². The van der Waals surface area contributed by atoms with Crippen molar-refractivity contribution in [2.75, 3.05) is 6.61 Å². The molecular formula is C20H23FN2O4. The van der Waals surface area contributed by atoms with Crippen LogP contribution in [0.4, 0.5) is 9.18 Å². The first-order valence-corrected chi connectivity index (χ1v) is 8.75. The lowest BCUT2D eigenvalue weighted by molar-refractivity contribution is -0.0458. The van der Waals surface area contributed by atoms with Crippen LogP contribution in [-0.2, 0) is 15.9 Å². The molecule has 6 nitrogen and oxygen atoms in total. The fraction of sp³-hybridized carbons (Fsp3) is 0.400. The molecule has 0 spiro atoms. The first kappa shape index (κ1) is 19.3. The molecule has 0 bridgehead atoms. The summed E-state index contributed by atoms with van der Waals surface area (Å²) in [6.45, 7) is 2.92. The van der Waals surface area contributed by atoms with Crippen LogP contribution in [0.1, 0.15) is 37.9 Å². The minimum Gasteiger partial charge on any atom is -0.446 e. The maximum atomic E-state index is 13.3. The van der Waals surface area contributed by atoms with Crippen LogP contribution in [-0.4, -0.2) is 27.9 Å². The third kappa shape index (κ3) is 4.26. The minimum absolute atomic E-state index is 0.123. The van der Waals surface area contributed by atoms with Gasteiger partial charge < -0.3 is 20.7 Å². The fourth-order valence-electron chi connectivity index (χ4n) is 3.02. The average molecular weight is 374 g/mol. The summed E-state index contributed by atoms with van der Waals surface area (Å²) in [7, 11) is 0. The van der Waals surface area contributed by atoms with Crippen molar-refractivity contribution in [3.05, 3.63) is 53.5 Å². The highest BCUT2D eigenvalue weighted by atomic mass is 19.1. The Hall–Kier alpha value is -2.51. The number of primary amides is 1. The largest absolute Gasteiger partial charge is 0.446 e. The van der Waals surface area contributed by atoms with Crippen LogP contribution in [0, 0.1) is 11.7 Å². The van der Waals surface area contributed by atoms with Crippen molar-refractivity contribution in [2.45, 2.75) is 37.9 Å². The van der Waals surface area contributed by atoms with E-state index in [4.69, 9.17) is 10.5 Å². The van der Waals surface area contributed by atoms with E-state index in [-0.39, 0.29) is 24.0 Å². The van der Waals surface area contributed by atoms with E-state index in [2.05, 4.69) is 4.98 Å². The van der Waals surface area contributed by atoms with Crippen LogP contribution in [0.3, 0.4) is 0 Å². The molecule has 3 rings (SSSR count). The number of carbonyl (C=O) groups is 1. The first-order valence-electron chi connectivity index (χ1n) is 8.75. The molecule has 1 heterocycles. The number of nitrogens with zero attached hydrogens (tertiary/aromatic N) is 1. The lowest BCUT2D eigenvalue weighted by atomic mass is 9.89. The van der Waals surface area contributed by atoms with Crippen LogP contribution in [0.2, 0.25) is 0 Å². The average Bonchev–Trinajstić information content (AvgIpc) is 3.44. The molecule has 1 saturated carbocycles. The van der Waals surface area contributed by atoms with Crippen LogP contribution in [0.15, 0.2) is 36.4 Å². The number of benzene rings is 1. The summed E-state index contributed by atoms with van der Waals surface area (Å²) in [5.41, 5.74) is 4.29. The van der Waals surface area contributed by atoms with Gasteiger partial charge in [-0.25, -0.2) is 14.2 Å². The molecule has 1 aromatic heterocycles. The van der Waals surface area contributed by atoms with Gasteiger partial charge in [-0.1, -0.05) is 0 Å². The molecule has 0 aliphatic heterocycles. The van der Waals surface area contributed by atoms with Gasteiger partial charge in [0.1, 0.15) is 18.0 Å². The number of hydrogen-bond acceptors (Lipinski definition) is 5. The second-order valence-corrected chi connectivity index (χ2v) is 7.50. The zero-order valence-electron chi connectivity index (χ0n) is 15.3. The van der Waals surface area contributed by atoms with Gasteiger partial charge in [0.2, 0.25) is 0 Å². The molecule has 1 unspecified atom stereocenters. The smallest absolute Gasteiger partial charge is 0.404 e. The SMILES string of the molecule is CC(C)(O)c1cc(-c2ccc(F)cc2)nc(C(O)(COC(N)=O)C2CC2)c1. The van der Waals surface area contributed by atoms with Crippen LogP contribution >= 0.6 is 0 Å². The Kier molecular flexibility index (Phi) is 4.92. The summed E-state index contributed by atoms with van der Waals surface area (Å²) < 4.78 is 18.2. The summed E-state index contributed by atoms with van der Waals surface area (Å²) in [5, 5.41) is 21.7. The van der Waals surface area contributed by atoms with Crippen molar-refractivity contribution in [3.63, 3.8) is 0 Å². The van der Waals surface area contributed by atoms with Crippen molar-refractivity contribution in [2.24, 2.45) is 11.7 Å². The number of pyridine rings is 1. The van der Waals surface area contributed by atoms with Crippen molar-refractivity contribution in [1.29, 1.82) is 0 Å². The Morgan fingerprint density at radius 1 is 1.26 bits per heavy atom. The number of hydrogen-bond donors (Lipinski definition) is 3. The third-order valence-corrected chi connectivity index (χ3v) is 4.80. The Morgan fingerprint density at radius 3 is 2.41 bits per heavy atom. The summed E-state index contributed by atoms with van der Waals surface area (Å²) in [4.78, 5) is 15.6. The Balaban J connectivity index is 2.11. The highest BCUT2D eigenvalue weighted by Crippen LogP contribution is 2.46.